The molecule has 1 heterocycles. The molecule has 0 amide bonds. The zero-order valence-corrected chi connectivity index (χ0v) is 9.52. The molecule has 83 valence electrons. The molecule has 0 aliphatic carbocycles. The molecule has 1 aromatic heterocycles. The number of rotatable bonds is 2. The van der Waals surface area contributed by atoms with Crippen molar-refractivity contribution < 1.29 is 4.42 Å². The molecule has 0 bridgehead atoms. The number of fused-ring (bicyclic) bond motifs is 3. The third-order valence-electron chi connectivity index (χ3n) is 2.96. The van der Waals surface area contributed by atoms with Crippen molar-refractivity contribution in [1.29, 1.82) is 0 Å². The van der Waals surface area contributed by atoms with E-state index in [1.54, 1.807) is 0 Å². The highest BCUT2D eigenvalue weighted by Crippen LogP contribution is 2.30. The van der Waals surface area contributed by atoms with Gasteiger partial charge >= 0.3 is 0 Å². The molecule has 1 heteroatoms. The van der Waals surface area contributed by atoms with Crippen molar-refractivity contribution in [2.75, 3.05) is 0 Å². The van der Waals surface area contributed by atoms with E-state index in [2.05, 4.69) is 43.3 Å². The number of hydrogen-bond acceptors (Lipinski definition) is 1. The molecule has 3 rings (SSSR count). The lowest BCUT2D eigenvalue weighted by atomic mass is 10.0. The highest BCUT2D eigenvalue weighted by atomic mass is 16.3. The molecule has 0 aliphatic heterocycles. The van der Waals surface area contributed by atoms with Crippen LogP contribution in [-0.2, 0) is 0 Å². The molecule has 1 nitrogen and oxygen atoms in total. The lowest BCUT2D eigenvalue weighted by Crippen LogP contribution is -1.75. The van der Waals surface area contributed by atoms with E-state index in [4.69, 9.17) is 4.42 Å². The van der Waals surface area contributed by atoms with Crippen LogP contribution in [0.1, 0.15) is 12.0 Å². The molecule has 2 aromatic carbocycles. The Morgan fingerprint density at radius 2 is 2.00 bits per heavy atom. The van der Waals surface area contributed by atoms with Gasteiger partial charge in [-0.25, -0.2) is 0 Å². The Morgan fingerprint density at radius 1 is 1.12 bits per heavy atom. The molecule has 17 heavy (non-hydrogen) atoms. The minimum absolute atomic E-state index is 0.789. The number of benzene rings is 2. The van der Waals surface area contributed by atoms with Gasteiger partial charge in [0.05, 0.1) is 6.26 Å². The Balaban J connectivity index is 2.38. The second-order valence-corrected chi connectivity index (χ2v) is 4.04. The molecule has 0 N–H and O–H groups in total. The average molecular weight is 221 g/mol. The van der Waals surface area contributed by atoms with E-state index >= 15 is 0 Å². The van der Waals surface area contributed by atoms with Gasteiger partial charge in [0, 0.05) is 10.9 Å². The summed E-state index contributed by atoms with van der Waals surface area (Å²) in [5.41, 5.74) is 2.06. The molecule has 0 atom stereocenters. The predicted molar refractivity (Wildman–Crippen MR) is 72.7 cm³/mol. The summed E-state index contributed by atoms with van der Waals surface area (Å²) >= 11 is 0. The van der Waals surface area contributed by atoms with Crippen molar-refractivity contribution in [3.63, 3.8) is 0 Å². The SMILES string of the molecule is [CH2]CC=Cc1coc2ccc3ccccc3c12. The summed E-state index contributed by atoms with van der Waals surface area (Å²) in [5.74, 6) is 0. The maximum absolute atomic E-state index is 5.58. The highest BCUT2D eigenvalue weighted by Gasteiger charge is 2.06. The van der Waals surface area contributed by atoms with Crippen molar-refractivity contribution in [2.24, 2.45) is 0 Å². The van der Waals surface area contributed by atoms with Gasteiger partial charge < -0.3 is 4.42 Å². The summed E-state index contributed by atoms with van der Waals surface area (Å²) in [7, 11) is 0. The second kappa shape index (κ2) is 4.10. The molecule has 0 fully saturated rings. The summed E-state index contributed by atoms with van der Waals surface area (Å²) in [5, 5.41) is 3.67. The Morgan fingerprint density at radius 3 is 2.88 bits per heavy atom. The minimum Gasteiger partial charge on any atom is -0.464 e. The second-order valence-electron chi connectivity index (χ2n) is 4.04. The van der Waals surface area contributed by atoms with E-state index in [1.807, 2.05) is 18.4 Å². The van der Waals surface area contributed by atoms with E-state index < -0.39 is 0 Å². The zero-order valence-electron chi connectivity index (χ0n) is 9.52. The zero-order chi connectivity index (χ0) is 11.7. The van der Waals surface area contributed by atoms with E-state index in [0.29, 0.717) is 0 Å². The van der Waals surface area contributed by atoms with Crippen LogP contribution < -0.4 is 0 Å². The first-order valence-corrected chi connectivity index (χ1v) is 5.75. The maximum atomic E-state index is 5.58. The van der Waals surface area contributed by atoms with Gasteiger partial charge in [-0.15, -0.1) is 0 Å². The molecular weight excluding hydrogens is 208 g/mol. The largest absolute Gasteiger partial charge is 0.464 e. The van der Waals surface area contributed by atoms with Crippen LogP contribution in [0.3, 0.4) is 0 Å². The van der Waals surface area contributed by atoms with Crippen LogP contribution >= 0.6 is 0 Å². The van der Waals surface area contributed by atoms with Gasteiger partial charge in [0.1, 0.15) is 5.58 Å². The normalized spacial score (nSPS) is 11.8. The first-order valence-electron chi connectivity index (χ1n) is 5.75. The van der Waals surface area contributed by atoms with Crippen molar-refractivity contribution in [3.8, 4) is 0 Å². The lowest BCUT2D eigenvalue weighted by molar-refractivity contribution is 0.615. The average Bonchev–Trinajstić information content (AvgIpc) is 2.80. The summed E-state index contributed by atoms with van der Waals surface area (Å²) in [6.45, 7) is 3.81. The Hall–Kier alpha value is -2.02. The van der Waals surface area contributed by atoms with Gasteiger partial charge in [-0.05, 0) is 30.2 Å². The summed E-state index contributed by atoms with van der Waals surface area (Å²) < 4.78 is 5.58. The molecule has 0 saturated heterocycles. The molecular formula is C16H13O. The van der Waals surface area contributed by atoms with Crippen LogP contribution in [0, 0.1) is 6.92 Å². The third-order valence-corrected chi connectivity index (χ3v) is 2.96. The van der Waals surface area contributed by atoms with E-state index in [0.717, 1.165) is 17.6 Å². The standard InChI is InChI=1S/C16H13O/c1-2-3-6-13-11-17-15-10-9-12-7-4-5-8-14(12)16(13)15/h3-11H,1-2H2. The fraction of sp³-hybridized carbons (Fsp3) is 0.0625. The monoisotopic (exact) mass is 221 g/mol. The quantitative estimate of drug-likeness (QED) is 0.604. The van der Waals surface area contributed by atoms with Gasteiger partial charge in [-0.1, -0.05) is 42.5 Å². The first-order chi connectivity index (χ1) is 8.40. The smallest absolute Gasteiger partial charge is 0.135 e. The Kier molecular flexibility index (Phi) is 2.45. The molecule has 3 aromatic rings. The van der Waals surface area contributed by atoms with Crippen molar-refractivity contribution >= 4 is 27.8 Å². The van der Waals surface area contributed by atoms with E-state index in [-0.39, 0.29) is 0 Å². The van der Waals surface area contributed by atoms with Crippen molar-refractivity contribution in [1.82, 2.24) is 0 Å². The topological polar surface area (TPSA) is 13.1 Å². The van der Waals surface area contributed by atoms with Crippen LogP contribution in [0.2, 0.25) is 0 Å². The van der Waals surface area contributed by atoms with E-state index in [1.165, 1.54) is 16.2 Å². The molecule has 0 spiro atoms. The molecule has 0 aliphatic rings. The van der Waals surface area contributed by atoms with Gasteiger partial charge in [0.25, 0.3) is 0 Å². The van der Waals surface area contributed by atoms with Crippen LogP contribution in [0.5, 0.6) is 0 Å². The number of furan rings is 1. The summed E-state index contributed by atoms with van der Waals surface area (Å²) in [4.78, 5) is 0. The van der Waals surface area contributed by atoms with Gasteiger partial charge in [-0.3, -0.25) is 0 Å². The fourth-order valence-electron chi connectivity index (χ4n) is 2.17. The highest BCUT2D eigenvalue weighted by molar-refractivity contribution is 6.09. The number of allylic oxidation sites excluding steroid dienone is 1. The van der Waals surface area contributed by atoms with Gasteiger partial charge in [0.2, 0.25) is 0 Å². The molecule has 1 radical (unpaired) electrons. The van der Waals surface area contributed by atoms with E-state index in [9.17, 15) is 0 Å². The Labute approximate surface area is 100 Å². The van der Waals surface area contributed by atoms with Crippen LogP contribution in [-0.4, -0.2) is 0 Å². The number of hydrogen-bond donors (Lipinski definition) is 0. The maximum Gasteiger partial charge on any atom is 0.135 e. The van der Waals surface area contributed by atoms with Gasteiger partial charge in [-0.2, -0.15) is 0 Å². The van der Waals surface area contributed by atoms with Gasteiger partial charge in [0.15, 0.2) is 0 Å². The first kappa shape index (κ1) is 10.2. The molecule has 0 saturated carbocycles. The molecule has 0 unspecified atom stereocenters. The minimum atomic E-state index is 0.789. The predicted octanol–water partition coefficient (Wildman–Crippen LogP) is 4.82. The summed E-state index contributed by atoms with van der Waals surface area (Å²) in [6, 6.07) is 12.5. The van der Waals surface area contributed by atoms with Crippen molar-refractivity contribution in [2.45, 2.75) is 6.42 Å². The van der Waals surface area contributed by atoms with Crippen LogP contribution in [0.15, 0.2) is 53.2 Å². The van der Waals surface area contributed by atoms with Crippen LogP contribution in [0.4, 0.5) is 0 Å². The third kappa shape index (κ3) is 1.64. The summed E-state index contributed by atoms with van der Waals surface area (Å²) in [6.07, 6.45) is 6.72. The lowest BCUT2D eigenvalue weighted by Gasteiger charge is -1.99. The Bertz CT molecular complexity index is 689. The fourth-order valence-corrected chi connectivity index (χ4v) is 2.17. The van der Waals surface area contributed by atoms with Crippen molar-refractivity contribution in [3.05, 3.63) is 61.2 Å². The van der Waals surface area contributed by atoms with Crippen LogP contribution in [0.25, 0.3) is 27.8 Å².